The Hall–Kier alpha value is -1.26. The minimum Gasteiger partial charge on any atom is -0.508 e. The van der Waals surface area contributed by atoms with Crippen LogP contribution in [0.5, 0.6) is 11.5 Å². The van der Waals surface area contributed by atoms with E-state index in [4.69, 9.17) is 9.47 Å². The first-order valence-corrected chi connectivity index (χ1v) is 8.66. The molecule has 0 fully saturated rings. The summed E-state index contributed by atoms with van der Waals surface area (Å²) in [6, 6.07) is 5.15. The number of hydrogen-bond acceptors (Lipinski definition) is 5. The van der Waals surface area contributed by atoms with E-state index in [0.29, 0.717) is 12.3 Å². The van der Waals surface area contributed by atoms with Crippen molar-refractivity contribution in [1.82, 2.24) is 15.5 Å². The third-order valence-electron chi connectivity index (χ3n) is 3.71. The molecule has 0 saturated carbocycles. The summed E-state index contributed by atoms with van der Waals surface area (Å²) in [6.07, 6.45) is 1.02. The van der Waals surface area contributed by atoms with Gasteiger partial charge in [-0.05, 0) is 38.6 Å². The number of ether oxygens (including phenoxy) is 2. The molecule has 8 heteroatoms. The van der Waals surface area contributed by atoms with Gasteiger partial charge in [-0.3, -0.25) is 0 Å². The second-order valence-electron chi connectivity index (χ2n) is 5.77. The lowest BCUT2D eigenvalue weighted by atomic mass is 10.2. The normalized spacial score (nSPS) is 11.2. The summed E-state index contributed by atoms with van der Waals surface area (Å²) in [4.78, 5) is 6.79. The standard InChI is InChI=1S/C18H32N4O3.HI/c1-5-19-18(20-9-11-22(2)10-6-12-24-3)21-14-15-13-16(25-4)7-8-17(15)23;/h7-8,13,23H,5-6,9-12,14H2,1-4H3,(H2,19,20,21);1H. The van der Waals surface area contributed by atoms with Crippen molar-refractivity contribution in [2.24, 2.45) is 4.99 Å². The molecule has 0 aliphatic heterocycles. The summed E-state index contributed by atoms with van der Waals surface area (Å²) < 4.78 is 10.3. The van der Waals surface area contributed by atoms with E-state index < -0.39 is 0 Å². The molecule has 0 spiro atoms. The van der Waals surface area contributed by atoms with Crippen LogP contribution in [0.1, 0.15) is 18.9 Å². The Labute approximate surface area is 174 Å². The van der Waals surface area contributed by atoms with E-state index in [2.05, 4.69) is 27.6 Å². The van der Waals surface area contributed by atoms with Crippen molar-refractivity contribution in [3.63, 3.8) is 0 Å². The number of benzene rings is 1. The predicted octanol–water partition coefficient (Wildman–Crippen LogP) is 2.04. The molecule has 0 atom stereocenters. The average Bonchev–Trinajstić information content (AvgIpc) is 2.61. The summed E-state index contributed by atoms with van der Waals surface area (Å²) in [5.41, 5.74) is 0.730. The van der Waals surface area contributed by atoms with Gasteiger partial charge in [0.25, 0.3) is 0 Å². The minimum atomic E-state index is 0. The van der Waals surface area contributed by atoms with E-state index in [1.54, 1.807) is 32.4 Å². The Balaban J connectivity index is 0.00000625. The van der Waals surface area contributed by atoms with Gasteiger partial charge in [-0.2, -0.15) is 0 Å². The van der Waals surface area contributed by atoms with Gasteiger partial charge in [-0.1, -0.05) is 0 Å². The Kier molecular flexibility index (Phi) is 14.1. The number of rotatable bonds is 11. The largest absolute Gasteiger partial charge is 0.508 e. The highest BCUT2D eigenvalue weighted by atomic mass is 127. The molecule has 150 valence electrons. The zero-order chi connectivity index (χ0) is 18.5. The van der Waals surface area contributed by atoms with Crippen LogP contribution >= 0.6 is 24.0 Å². The number of nitrogens with zero attached hydrogens (tertiary/aromatic N) is 2. The molecule has 0 bridgehead atoms. The molecule has 0 aromatic heterocycles. The highest BCUT2D eigenvalue weighted by Crippen LogP contribution is 2.23. The number of guanidine groups is 1. The molecule has 1 aromatic rings. The first-order chi connectivity index (χ1) is 12.1. The Morgan fingerprint density at radius 1 is 1.23 bits per heavy atom. The molecule has 0 heterocycles. The molecule has 26 heavy (non-hydrogen) atoms. The van der Waals surface area contributed by atoms with Gasteiger partial charge < -0.3 is 30.1 Å². The number of likely N-dealkylation sites (N-methyl/N-ethyl adjacent to an activating group) is 1. The number of hydrogen-bond donors (Lipinski definition) is 3. The van der Waals surface area contributed by atoms with E-state index >= 15 is 0 Å². The van der Waals surface area contributed by atoms with Crippen molar-refractivity contribution in [2.45, 2.75) is 19.9 Å². The molecule has 0 amide bonds. The summed E-state index contributed by atoms with van der Waals surface area (Å²) in [5, 5.41) is 16.5. The molecule has 0 radical (unpaired) electrons. The van der Waals surface area contributed by atoms with Gasteiger partial charge in [0, 0.05) is 45.5 Å². The molecule has 1 aromatic carbocycles. The van der Waals surface area contributed by atoms with Crippen LogP contribution in [0.2, 0.25) is 0 Å². The molecule has 0 unspecified atom stereocenters. The maximum Gasteiger partial charge on any atom is 0.191 e. The van der Waals surface area contributed by atoms with Gasteiger partial charge in [0.05, 0.1) is 13.7 Å². The Bertz CT molecular complexity index is 529. The van der Waals surface area contributed by atoms with Gasteiger partial charge in [0.15, 0.2) is 5.96 Å². The van der Waals surface area contributed by atoms with Crippen molar-refractivity contribution in [1.29, 1.82) is 0 Å². The number of phenols is 1. The predicted molar refractivity (Wildman–Crippen MR) is 117 cm³/mol. The quantitative estimate of drug-likeness (QED) is 0.195. The van der Waals surface area contributed by atoms with E-state index in [-0.39, 0.29) is 29.7 Å². The fourth-order valence-electron chi connectivity index (χ4n) is 2.28. The maximum absolute atomic E-state index is 9.94. The molecule has 7 nitrogen and oxygen atoms in total. The number of nitrogens with one attached hydrogen (secondary N) is 2. The summed E-state index contributed by atoms with van der Waals surface area (Å²) >= 11 is 0. The lowest BCUT2D eigenvalue weighted by Crippen LogP contribution is -2.41. The molecular formula is C18H33IN4O3. The fraction of sp³-hybridized carbons (Fsp3) is 0.611. The number of methoxy groups -OCH3 is 2. The van der Waals surface area contributed by atoms with Crippen LogP contribution in [0.15, 0.2) is 23.2 Å². The van der Waals surface area contributed by atoms with Crippen LogP contribution in [0, 0.1) is 0 Å². The first-order valence-electron chi connectivity index (χ1n) is 8.66. The maximum atomic E-state index is 9.94. The van der Waals surface area contributed by atoms with Crippen LogP contribution in [0.25, 0.3) is 0 Å². The third-order valence-corrected chi connectivity index (χ3v) is 3.71. The van der Waals surface area contributed by atoms with Crippen LogP contribution < -0.4 is 15.4 Å². The van der Waals surface area contributed by atoms with Crippen molar-refractivity contribution < 1.29 is 14.6 Å². The van der Waals surface area contributed by atoms with Crippen molar-refractivity contribution in [3.8, 4) is 11.5 Å². The molecule has 1 rings (SSSR count). The second kappa shape index (κ2) is 14.9. The smallest absolute Gasteiger partial charge is 0.191 e. The SMILES string of the molecule is CCNC(=NCc1cc(OC)ccc1O)NCCN(C)CCCOC.I. The minimum absolute atomic E-state index is 0. The second-order valence-corrected chi connectivity index (χ2v) is 5.77. The average molecular weight is 480 g/mol. The highest BCUT2D eigenvalue weighted by Gasteiger charge is 2.04. The van der Waals surface area contributed by atoms with Crippen LogP contribution in [0.4, 0.5) is 0 Å². The monoisotopic (exact) mass is 480 g/mol. The van der Waals surface area contributed by atoms with E-state index in [1.165, 1.54) is 0 Å². The molecule has 0 aliphatic rings. The summed E-state index contributed by atoms with van der Waals surface area (Å²) in [6.45, 7) is 6.67. The molecule has 0 aliphatic carbocycles. The Morgan fingerprint density at radius 3 is 2.65 bits per heavy atom. The Morgan fingerprint density at radius 2 is 2.00 bits per heavy atom. The van der Waals surface area contributed by atoms with Crippen molar-refractivity contribution in [3.05, 3.63) is 23.8 Å². The molecular weight excluding hydrogens is 447 g/mol. The summed E-state index contributed by atoms with van der Waals surface area (Å²) in [5.74, 6) is 1.66. The van der Waals surface area contributed by atoms with Crippen molar-refractivity contribution >= 4 is 29.9 Å². The molecule has 0 saturated heterocycles. The zero-order valence-corrected chi connectivity index (χ0v) is 18.6. The van der Waals surface area contributed by atoms with E-state index in [9.17, 15) is 5.11 Å². The fourth-order valence-corrected chi connectivity index (χ4v) is 2.28. The zero-order valence-electron chi connectivity index (χ0n) is 16.2. The molecule has 3 N–H and O–H groups in total. The van der Waals surface area contributed by atoms with Crippen LogP contribution in [-0.4, -0.2) is 70.0 Å². The van der Waals surface area contributed by atoms with Gasteiger partial charge in [-0.15, -0.1) is 24.0 Å². The van der Waals surface area contributed by atoms with Gasteiger partial charge in [-0.25, -0.2) is 4.99 Å². The number of aliphatic imine (C=N–C) groups is 1. The number of halogens is 1. The first kappa shape index (κ1) is 24.7. The van der Waals surface area contributed by atoms with E-state index in [1.807, 2.05) is 6.92 Å². The highest BCUT2D eigenvalue weighted by molar-refractivity contribution is 14.0. The van der Waals surface area contributed by atoms with Crippen molar-refractivity contribution in [2.75, 3.05) is 54.1 Å². The van der Waals surface area contributed by atoms with Gasteiger partial charge in [0.1, 0.15) is 11.5 Å². The number of aromatic hydroxyl groups is 1. The summed E-state index contributed by atoms with van der Waals surface area (Å²) in [7, 11) is 5.42. The van der Waals surface area contributed by atoms with Gasteiger partial charge >= 0.3 is 0 Å². The van der Waals surface area contributed by atoms with Crippen LogP contribution in [-0.2, 0) is 11.3 Å². The number of phenolic OH excluding ortho intramolecular Hbond substituents is 1. The third kappa shape index (κ3) is 10.0. The van der Waals surface area contributed by atoms with E-state index in [0.717, 1.165) is 50.7 Å². The van der Waals surface area contributed by atoms with Crippen LogP contribution in [0.3, 0.4) is 0 Å². The lowest BCUT2D eigenvalue weighted by Gasteiger charge is -2.18. The topological polar surface area (TPSA) is 78.4 Å². The lowest BCUT2D eigenvalue weighted by molar-refractivity contribution is 0.180. The van der Waals surface area contributed by atoms with Gasteiger partial charge in [0.2, 0.25) is 0 Å².